The van der Waals surface area contributed by atoms with Gasteiger partial charge in [0.2, 0.25) is 11.8 Å². The molecule has 0 radical (unpaired) electrons. The van der Waals surface area contributed by atoms with Gasteiger partial charge in [-0.15, -0.1) is 11.8 Å². The van der Waals surface area contributed by atoms with Crippen LogP contribution in [-0.2, 0) is 22.7 Å². The fourth-order valence-electron chi connectivity index (χ4n) is 3.30. The Kier molecular flexibility index (Phi) is 8.28. The lowest BCUT2D eigenvalue weighted by Crippen LogP contribution is -2.31. The van der Waals surface area contributed by atoms with Gasteiger partial charge in [0.25, 0.3) is 0 Å². The summed E-state index contributed by atoms with van der Waals surface area (Å²) >= 11 is 1.27. The van der Waals surface area contributed by atoms with E-state index in [0.29, 0.717) is 12.2 Å². The molecule has 0 bridgehead atoms. The molecule has 2 N–H and O–H groups in total. The first-order chi connectivity index (χ1) is 14.5. The number of halogens is 1. The molecule has 2 aromatic carbocycles. The number of amides is 2. The maximum absolute atomic E-state index is 12.9. The molecule has 1 aliphatic rings. The molecule has 0 saturated carbocycles. The van der Waals surface area contributed by atoms with Crippen LogP contribution in [0.3, 0.4) is 0 Å². The minimum absolute atomic E-state index is 0.101. The predicted octanol–water partition coefficient (Wildman–Crippen LogP) is 3.80. The summed E-state index contributed by atoms with van der Waals surface area (Å²) in [6, 6.07) is 13.9. The number of benzene rings is 2. The summed E-state index contributed by atoms with van der Waals surface area (Å²) in [5.74, 6) is -0.526. The number of hydrogen-bond donors (Lipinski definition) is 2. The molecule has 7 heteroatoms. The van der Waals surface area contributed by atoms with Crippen LogP contribution in [0.25, 0.3) is 0 Å². The summed E-state index contributed by atoms with van der Waals surface area (Å²) in [6.07, 6.45) is 2.57. The number of likely N-dealkylation sites (tertiary alicyclic amines) is 1. The highest BCUT2D eigenvalue weighted by molar-refractivity contribution is 8.01. The molecule has 1 unspecified atom stereocenters. The van der Waals surface area contributed by atoms with E-state index < -0.39 is 0 Å². The lowest BCUT2D eigenvalue weighted by atomic mass is 10.1. The largest absolute Gasteiger partial charge is 0.351 e. The number of nitrogens with one attached hydrogen (secondary N) is 2. The SMILES string of the molecule is CC(SCC(=O)Nc1ccc(F)cc1)C(=O)NCc1ccc(CN2CCCC2)cc1. The van der Waals surface area contributed by atoms with Gasteiger partial charge >= 0.3 is 0 Å². The normalized spacial score (nSPS) is 15.0. The topological polar surface area (TPSA) is 61.4 Å². The fraction of sp³-hybridized carbons (Fsp3) is 0.391. The van der Waals surface area contributed by atoms with Gasteiger partial charge in [-0.05, 0) is 68.2 Å². The quantitative estimate of drug-likeness (QED) is 0.637. The summed E-state index contributed by atoms with van der Waals surface area (Å²) in [7, 11) is 0. The minimum Gasteiger partial charge on any atom is -0.351 e. The number of nitrogens with zero attached hydrogens (tertiary/aromatic N) is 1. The number of thioether (sulfide) groups is 1. The molecule has 1 fully saturated rings. The van der Waals surface area contributed by atoms with Crippen molar-refractivity contribution in [2.24, 2.45) is 0 Å². The standard InChI is InChI=1S/C23H28FN3O2S/c1-17(30-16-22(28)26-21-10-8-20(24)9-11-21)23(29)25-14-18-4-6-19(7-5-18)15-27-12-2-3-13-27/h4-11,17H,2-3,12-16H2,1H3,(H,25,29)(H,26,28). The molecule has 0 aromatic heterocycles. The number of rotatable bonds is 9. The van der Waals surface area contributed by atoms with Crippen LogP contribution in [0.4, 0.5) is 10.1 Å². The van der Waals surface area contributed by atoms with Crippen LogP contribution in [-0.4, -0.2) is 40.8 Å². The van der Waals surface area contributed by atoms with Gasteiger partial charge < -0.3 is 10.6 Å². The van der Waals surface area contributed by atoms with Gasteiger partial charge in [0.15, 0.2) is 0 Å². The van der Waals surface area contributed by atoms with Gasteiger partial charge in [-0.3, -0.25) is 14.5 Å². The first kappa shape index (κ1) is 22.3. The van der Waals surface area contributed by atoms with Crippen molar-refractivity contribution in [2.45, 2.75) is 38.1 Å². The molecule has 160 valence electrons. The molecule has 1 heterocycles. The number of carbonyl (C=O) groups is 2. The Balaban J connectivity index is 1.36. The van der Waals surface area contributed by atoms with E-state index in [1.807, 2.05) is 0 Å². The summed E-state index contributed by atoms with van der Waals surface area (Å²) in [6.45, 7) is 5.59. The molecular formula is C23H28FN3O2S. The van der Waals surface area contributed by atoms with E-state index >= 15 is 0 Å². The number of carbonyl (C=O) groups excluding carboxylic acids is 2. The maximum Gasteiger partial charge on any atom is 0.234 e. The number of anilines is 1. The molecule has 1 atom stereocenters. The Morgan fingerprint density at radius 3 is 2.33 bits per heavy atom. The average Bonchev–Trinajstić information content (AvgIpc) is 3.26. The van der Waals surface area contributed by atoms with Crippen molar-refractivity contribution >= 4 is 29.3 Å². The summed E-state index contributed by atoms with van der Waals surface area (Å²) in [5.41, 5.74) is 2.88. The van der Waals surface area contributed by atoms with Crippen LogP contribution in [0.1, 0.15) is 30.9 Å². The van der Waals surface area contributed by atoms with E-state index in [1.54, 1.807) is 6.92 Å². The Morgan fingerprint density at radius 2 is 1.67 bits per heavy atom. The maximum atomic E-state index is 12.9. The van der Waals surface area contributed by atoms with E-state index in [1.165, 1.54) is 67.5 Å². The Hall–Kier alpha value is -2.38. The third-order valence-corrected chi connectivity index (χ3v) is 6.20. The number of hydrogen-bond acceptors (Lipinski definition) is 4. The first-order valence-corrected chi connectivity index (χ1v) is 11.3. The van der Waals surface area contributed by atoms with E-state index in [0.717, 1.165) is 12.1 Å². The van der Waals surface area contributed by atoms with E-state index in [9.17, 15) is 14.0 Å². The second-order valence-corrected chi connectivity index (χ2v) is 8.85. The average molecular weight is 430 g/mol. The van der Waals surface area contributed by atoms with Crippen molar-refractivity contribution < 1.29 is 14.0 Å². The molecule has 5 nitrogen and oxygen atoms in total. The highest BCUT2D eigenvalue weighted by atomic mass is 32.2. The lowest BCUT2D eigenvalue weighted by Gasteiger charge is -2.15. The predicted molar refractivity (Wildman–Crippen MR) is 120 cm³/mol. The van der Waals surface area contributed by atoms with Crippen molar-refractivity contribution in [2.75, 3.05) is 24.2 Å². The van der Waals surface area contributed by atoms with Gasteiger partial charge in [-0.2, -0.15) is 0 Å². The summed E-state index contributed by atoms with van der Waals surface area (Å²) in [5, 5.41) is 5.27. The van der Waals surface area contributed by atoms with E-state index in [2.05, 4.69) is 39.8 Å². The van der Waals surface area contributed by atoms with Gasteiger partial charge in [0.1, 0.15) is 5.82 Å². The van der Waals surface area contributed by atoms with Crippen LogP contribution in [0, 0.1) is 5.82 Å². The second kappa shape index (κ2) is 11.1. The first-order valence-electron chi connectivity index (χ1n) is 10.2. The summed E-state index contributed by atoms with van der Waals surface area (Å²) in [4.78, 5) is 26.8. The lowest BCUT2D eigenvalue weighted by molar-refractivity contribution is -0.120. The molecule has 30 heavy (non-hydrogen) atoms. The van der Waals surface area contributed by atoms with Crippen LogP contribution < -0.4 is 10.6 Å². The Labute approximate surface area is 181 Å². The van der Waals surface area contributed by atoms with Crippen LogP contribution in [0.15, 0.2) is 48.5 Å². The van der Waals surface area contributed by atoms with Crippen molar-refractivity contribution in [1.29, 1.82) is 0 Å². The molecule has 0 spiro atoms. The van der Waals surface area contributed by atoms with Crippen LogP contribution in [0.5, 0.6) is 0 Å². The van der Waals surface area contributed by atoms with Gasteiger partial charge in [-0.1, -0.05) is 24.3 Å². The molecule has 2 aromatic rings. The molecule has 2 amide bonds. The molecule has 0 aliphatic carbocycles. The zero-order valence-electron chi connectivity index (χ0n) is 17.2. The zero-order valence-corrected chi connectivity index (χ0v) is 18.0. The second-order valence-electron chi connectivity index (χ2n) is 7.53. The molecule has 1 saturated heterocycles. The summed E-state index contributed by atoms with van der Waals surface area (Å²) < 4.78 is 12.9. The van der Waals surface area contributed by atoms with Crippen LogP contribution in [0.2, 0.25) is 0 Å². The fourth-order valence-corrected chi connectivity index (χ4v) is 4.01. The van der Waals surface area contributed by atoms with Gasteiger partial charge in [-0.25, -0.2) is 4.39 Å². The molecular weight excluding hydrogens is 401 g/mol. The van der Waals surface area contributed by atoms with Gasteiger partial charge in [0.05, 0.1) is 11.0 Å². The minimum atomic E-state index is -0.353. The van der Waals surface area contributed by atoms with Gasteiger partial charge in [0, 0.05) is 18.8 Å². The monoisotopic (exact) mass is 429 g/mol. The van der Waals surface area contributed by atoms with Crippen molar-refractivity contribution in [3.8, 4) is 0 Å². The Bertz CT molecular complexity index is 837. The smallest absolute Gasteiger partial charge is 0.234 e. The van der Waals surface area contributed by atoms with E-state index in [4.69, 9.17) is 0 Å². The zero-order chi connectivity index (χ0) is 21.3. The molecule has 3 rings (SSSR count). The highest BCUT2D eigenvalue weighted by Crippen LogP contribution is 2.15. The van der Waals surface area contributed by atoms with Crippen LogP contribution >= 0.6 is 11.8 Å². The third-order valence-electron chi connectivity index (χ3n) is 5.06. The Morgan fingerprint density at radius 1 is 1.03 bits per heavy atom. The van der Waals surface area contributed by atoms with Crippen molar-refractivity contribution in [3.63, 3.8) is 0 Å². The van der Waals surface area contributed by atoms with Crippen molar-refractivity contribution in [1.82, 2.24) is 10.2 Å². The highest BCUT2D eigenvalue weighted by Gasteiger charge is 2.15. The van der Waals surface area contributed by atoms with Crippen molar-refractivity contribution in [3.05, 3.63) is 65.5 Å². The third kappa shape index (κ3) is 7.15. The van der Waals surface area contributed by atoms with E-state index in [-0.39, 0.29) is 28.6 Å². The molecule has 1 aliphatic heterocycles.